The first kappa shape index (κ1) is 14.7. The van der Waals surface area contributed by atoms with E-state index < -0.39 is 0 Å². The van der Waals surface area contributed by atoms with E-state index in [9.17, 15) is 4.79 Å². The smallest absolute Gasteiger partial charge is 0.337 e. The molecule has 100 valence electrons. The Balaban J connectivity index is 2.55. The van der Waals surface area contributed by atoms with Crippen molar-refractivity contribution < 1.29 is 14.3 Å². The number of hydrogen-bond acceptors (Lipinski definition) is 4. The minimum Gasteiger partial charge on any atom is -0.465 e. The summed E-state index contributed by atoms with van der Waals surface area (Å²) in [4.78, 5) is 11.5. The zero-order valence-corrected chi connectivity index (χ0v) is 11.3. The van der Waals surface area contributed by atoms with Crippen LogP contribution in [0, 0.1) is 6.92 Å². The fourth-order valence-electron chi connectivity index (χ4n) is 1.77. The molecule has 0 saturated heterocycles. The fourth-order valence-corrected chi connectivity index (χ4v) is 1.77. The Kier molecular flexibility index (Phi) is 6.39. The largest absolute Gasteiger partial charge is 0.465 e. The fraction of sp³-hybridized carbons (Fsp3) is 0.500. The van der Waals surface area contributed by atoms with Gasteiger partial charge in [0.1, 0.15) is 0 Å². The summed E-state index contributed by atoms with van der Waals surface area (Å²) in [6.07, 6.45) is 0.978. The van der Waals surface area contributed by atoms with Crippen LogP contribution in [0.25, 0.3) is 0 Å². The van der Waals surface area contributed by atoms with Gasteiger partial charge in [-0.1, -0.05) is 6.07 Å². The molecule has 18 heavy (non-hydrogen) atoms. The first-order valence-corrected chi connectivity index (χ1v) is 6.06. The zero-order valence-electron chi connectivity index (χ0n) is 11.3. The van der Waals surface area contributed by atoms with Gasteiger partial charge in [0.2, 0.25) is 0 Å². The van der Waals surface area contributed by atoms with Crippen LogP contribution in [0.15, 0.2) is 18.2 Å². The summed E-state index contributed by atoms with van der Waals surface area (Å²) in [6, 6.07) is 5.76. The van der Waals surface area contributed by atoms with Crippen molar-refractivity contribution in [2.45, 2.75) is 19.9 Å². The van der Waals surface area contributed by atoms with Crippen LogP contribution in [0.4, 0.5) is 0 Å². The van der Waals surface area contributed by atoms with E-state index in [0.717, 1.165) is 37.2 Å². The molecule has 0 atom stereocenters. The van der Waals surface area contributed by atoms with Gasteiger partial charge in [-0.05, 0) is 43.1 Å². The minimum absolute atomic E-state index is 0.292. The summed E-state index contributed by atoms with van der Waals surface area (Å²) < 4.78 is 9.71. The van der Waals surface area contributed by atoms with Crippen molar-refractivity contribution in [3.05, 3.63) is 34.9 Å². The Morgan fingerprint density at radius 2 is 2.06 bits per heavy atom. The van der Waals surface area contributed by atoms with Gasteiger partial charge < -0.3 is 14.8 Å². The second-order valence-corrected chi connectivity index (χ2v) is 4.22. The number of ether oxygens (including phenoxy) is 2. The monoisotopic (exact) mass is 251 g/mol. The van der Waals surface area contributed by atoms with Gasteiger partial charge in [0.15, 0.2) is 0 Å². The summed E-state index contributed by atoms with van der Waals surface area (Å²) in [5, 5.41) is 3.32. The Bertz CT molecular complexity index is 391. The van der Waals surface area contributed by atoms with Gasteiger partial charge in [-0.25, -0.2) is 4.79 Å². The Morgan fingerprint density at radius 3 is 2.72 bits per heavy atom. The third-order valence-corrected chi connectivity index (χ3v) is 2.59. The molecule has 0 aliphatic rings. The molecule has 1 aromatic rings. The molecule has 0 aromatic heterocycles. The molecule has 0 saturated carbocycles. The SMILES string of the molecule is COCCCNCc1cc(C)cc(C(=O)OC)c1. The molecule has 0 aliphatic carbocycles. The molecule has 0 bridgehead atoms. The predicted octanol–water partition coefficient (Wildman–Crippen LogP) is 1.91. The molecule has 0 amide bonds. The number of rotatable bonds is 7. The molecule has 4 nitrogen and oxygen atoms in total. The topological polar surface area (TPSA) is 47.6 Å². The Hall–Kier alpha value is -1.39. The summed E-state index contributed by atoms with van der Waals surface area (Å²) in [7, 11) is 3.09. The maximum atomic E-state index is 11.5. The van der Waals surface area contributed by atoms with Crippen LogP contribution < -0.4 is 5.32 Å². The number of hydrogen-bond donors (Lipinski definition) is 1. The lowest BCUT2D eigenvalue weighted by atomic mass is 10.1. The van der Waals surface area contributed by atoms with Gasteiger partial charge in [-0.3, -0.25) is 0 Å². The Labute approximate surface area is 108 Å². The van der Waals surface area contributed by atoms with E-state index in [1.165, 1.54) is 7.11 Å². The number of methoxy groups -OCH3 is 2. The van der Waals surface area contributed by atoms with Gasteiger partial charge in [-0.15, -0.1) is 0 Å². The molecule has 0 heterocycles. The lowest BCUT2D eigenvalue weighted by molar-refractivity contribution is 0.0600. The molecular weight excluding hydrogens is 230 g/mol. The van der Waals surface area contributed by atoms with Crippen molar-refractivity contribution in [1.29, 1.82) is 0 Å². The number of carbonyl (C=O) groups is 1. The normalized spacial score (nSPS) is 10.4. The number of carbonyl (C=O) groups excluding carboxylic acids is 1. The maximum Gasteiger partial charge on any atom is 0.337 e. The van der Waals surface area contributed by atoms with Crippen molar-refractivity contribution in [2.24, 2.45) is 0 Å². The van der Waals surface area contributed by atoms with Crippen LogP contribution in [0.2, 0.25) is 0 Å². The highest BCUT2D eigenvalue weighted by atomic mass is 16.5. The third kappa shape index (κ3) is 4.85. The quantitative estimate of drug-likeness (QED) is 0.594. The molecule has 0 aliphatic heterocycles. The van der Waals surface area contributed by atoms with Crippen LogP contribution in [-0.4, -0.2) is 33.3 Å². The lowest BCUT2D eigenvalue weighted by Crippen LogP contribution is -2.16. The van der Waals surface area contributed by atoms with Crippen molar-refractivity contribution in [1.82, 2.24) is 5.32 Å². The average molecular weight is 251 g/mol. The van der Waals surface area contributed by atoms with Crippen LogP contribution >= 0.6 is 0 Å². The van der Waals surface area contributed by atoms with Gasteiger partial charge >= 0.3 is 5.97 Å². The van der Waals surface area contributed by atoms with Crippen molar-refractivity contribution in [2.75, 3.05) is 27.4 Å². The van der Waals surface area contributed by atoms with Crippen LogP contribution in [-0.2, 0) is 16.0 Å². The van der Waals surface area contributed by atoms with Crippen LogP contribution in [0.1, 0.15) is 27.9 Å². The molecule has 0 unspecified atom stereocenters. The minimum atomic E-state index is -0.292. The molecule has 1 aromatic carbocycles. The van der Waals surface area contributed by atoms with E-state index in [-0.39, 0.29) is 5.97 Å². The number of esters is 1. The number of aryl methyl sites for hydroxylation is 1. The van der Waals surface area contributed by atoms with E-state index in [1.807, 2.05) is 19.1 Å². The van der Waals surface area contributed by atoms with Crippen LogP contribution in [0.5, 0.6) is 0 Å². The van der Waals surface area contributed by atoms with Crippen molar-refractivity contribution >= 4 is 5.97 Å². The second-order valence-electron chi connectivity index (χ2n) is 4.22. The van der Waals surface area contributed by atoms with Gasteiger partial charge in [0, 0.05) is 20.3 Å². The molecule has 0 radical (unpaired) electrons. The van der Waals surface area contributed by atoms with E-state index in [2.05, 4.69) is 11.4 Å². The summed E-state index contributed by atoms with van der Waals surface area (Å²) in [5.74, 6) is -0.292. The van der Waals surface area contributed by atoms with E-state index in [0.29, 0.717) is 5.56 Å². The lowest BCUT2D eigenvalue weighted by Gasteiger charge is -2.08. The molecule has 0 fully saturated rings. The number of nitrogens with one attached hydrogen (secondary N) is 1. The summed E-state index contributed by atoms with van der Waals surface area (Å²) >= 11 is 0. The molecule has 4 heteroatoms. The van der Waals surface area contributed by atoms with E-state index in [1.54, 1.807) is 7.11 Å². The van der Waals surface area contributed by atoms with Gasteiger partial charge in [0.25, 0.3) is 0 Å². The highest BCUT2D eigenvalue weighted by Gasteiger charge is 2.07. The second kappa shape index (κ2) is 7.84. The molecular formula is C14H21NO3. The van der Waals surface area contributed by atoms with E-state index in [4.69, 9.17) is 9.47 Å². The average Bonchev–Trinajstić information content (AvgIpc) is 2.37. The standard InChI is InChI=1S/C14H21NO3/c1-11-7-12(10-15-5-4-6-17-2)9-13(8-11)14(16)18-3/h7-9,15H,4-6,10H2,1-3H3. The molecule has 0 spiro atoms. The highest BCUT2D eigenvalue weighted by molar-refractivity contribution is 5.89. The summed E-state index contributed by atoms with van der Waals surface area (Å²) in [6.45, 7) is 4.37. The molecule has 1 rings (SSSR count). The first-order valence-electron chi connectivity index (χ1n) is 6.06. The molecule has 1 N–H and O–H groups in total. The van der Waals surface area contributed by atoms with E-state index >= 15 is 0 Å². The predicted molar refractivity (Wildman–Crippen MR) is 70.7 cm³/mol. The van der Waals surface area contributed by atoms with Gasteiger partial charge in [-0.2, -0.15) is 0 Å². The Morgan fingerprint density at radius 1 is 1.28 bits per heavy atom. The number of benzene rings is 1. The highest BCUT2D eigenvalue weighted by Crippen LogP contribution is 2.10. The van der Waals surface area contributed by atoms with Gasteiger partial charge in [0.05, 0.1) is 12.7 Å². The van der Waals surface area contributed by atoms with Crippen molar-refractivity contribution in [3.8, 4) is 0 Å². The zero-order chi connectivity index (χ0) is 13.4. The maximum absolute atomic E-state index is 11.5. The summed E-state index contributed by atoms with van der Waals surface area (Å²) in [5.41, 5.74) is 2.76. The van der Waals surface area contributed by atoms with Crippen LogP contribution in [0.3, 0.4) is 0 Å². The van der Waals surface area contributed by atoms with Crippen molar-refractivity contribution in [3.63, 3.8) is 0 Å². The third-order valence-electron chi connectivity index (χ3n) is 2.59. The first-order chi connectivity index (χ1) is 8.67.